The number of carboxylic acid groups (broad SMARTS) is 1. The molecule has 1 aliphatic heterocycles. The van der Waals surface area contributed by atoms with E-state index in [0.717, 1.165) is 0 Å². The number of carbonyl (C=O) groups is 2. The minimum atomic E-state index is -1.11. The molecule has 0 bridgehead atoms. The van der Waals surface area contributed by atoms with E-state index in [4.69, 9.17) is 0 Å². The van der Waals surface area contributed by atoms with Crippen molar-refractivity contribution in [1.29, 1.82) is 0 Å². The molecule has 1 unspecified atom stereocenters. The van der Waals surface area contributed by atoms with E-state index in [9.17, 15) is 14.7 Å². The van der Waals surface area contributed by atoms with Crippen LogP contribution in [0.4, 0.5) is 4.79 Å². The Bertz CT molecular complexity index is 461. The van der Waals surface area contributed by atoms with Crippen molar-refractivity contribution >= 4 is 12.0 Å². The highest BCUT2D eigenvalue weighted by Gasteiger charge is 2.45. The molecule has 1 aromatic heterocycles. The van der Waals surface area contributed by atoms with Gasteiger partial charge in [-0.1, -0.05) is 5.16 Å². The van der Waals surface area contributed by atoms with E-state index in [-0.39, 0.29) is 6.03 Å². The largest absolute Gasteiger partial charge is 0.480 e. The molecule has 8 heteroatoms. The molecule has 2 N–H and O–H groups in total. The maximum atomic E-state index is 12.0. The number of hydrogen-bond acceptors (Lipinski definition) is 5. The second-order valence-electron chi connectivity index (χ2n) is 4.66. The van der Waals surface area contributed by atoms with Crippen LogP contribution in [0.5, 0.6) is 0 Å². The summed E-state index contributed by atoms with van der Waals surface area (Å²) in [6, 6.07) is -0.370. The zero-order chi connectivity index (χ0) is 13.9. The summed E-state index contributed by atoms with van der Waals surface area (Å²) in [5.74, 6) is -0.471. The van der Waals surface area contributed by atoms with Crippen LogP contribution in [-0.2, 0) is 11.2 Å². The van der Waals surface area contributed by atoms with Gasteiger partial charge < -0.3 is 19.8 Å². The number of urea groups is 1. The first-order chi connectivity index (χ1) is 9.04. The third-order valence-corrected chi connectivity index (χ3v) is 3.38. The summed E-state index contributed by atoms with van der Waals surface area (Å²) < 4.78 is 4.57. The van der Waals surface area contributed by atoms with Gasteiger partial charge in [0.2, 0.25) is 6.39 Å². The molecule has 0 aromatic carbocycles. The van der Waals surface area contributed by atoms with Gasteiger partial charge in [-0.2, -0.15) is 4.98 Å². The lowest BCUT2D eigenvalue weighted by Crippen LogP contribution is -2.54. The van der Waals surface area contributed by atoms with E-state index in [1.54, 1.807) is 6.92 Å². The van der Waals surface area contributed by atoms with E-state index >= 15 is 0 Å². The Morgan fingerprint density at radius 1 is 1.63 bits per heavy atom. The molecule has 1 fully saturated rings. The van der Waals surface area contributed by atoms with Crippen molar-refractivity contribution in [3.63, 3.8) is 0 Å². The predicted octanol–water partition coefficient (Wildman–Crippen LogP) is 0.261. The van der Waals surface area contributed by atoms with Crippen LogP contribution < -0.4 is 5.32 Å². The number of rotatable bonds is 4. The number of carboxylic acids is 1. The van der Waals surface area contributed by atoms with Gasteiger partial charge in [0.15, 0.2) is 5.82 Å². The average molecular weight is 268 g/mol. The number of nitrogens with one attached hydrogen (secondary N) is 1. The number of carbonyl (C=O) groups excluding carboxylic acids is 1. The Kier molecular flexibility index (Phi) is 3.68. The molecule has 1 atom stereocenters. The highest BCUT2D eigenvalue weighted by molar-refractivity contribution is 5.86. The average Bonchev–Trinajstić information content (AvgIpc) is 2.99. The zero-order valence-corrected chi connectivity index (χ0v) is 10.6. The van der Waals surface area contributed by atoms with Crippen molar-refractivity contribution in [2.24, 2.45) is 0 Å². The van der Waals surface area contributed by atoms with Crippen LogP contribution in [0.25, 0.3) is 0 Å². The minimum absolute atomic E-state index is 0.338. The number of amides is 2. The lowest BCUT2D eigenvalue weighted by Gasteiger charge is -2.31. The Balaban J connectivity index is 1.87. The lowest BCUT2D eigenvalue weighted by molar-refractivity contribution is -0.147. The molecule has 1 aliphatic rings. The van der Waals surface area contributed by atoms with Crippen LogP contribution in [0.15, 0.2) is 10.9 Å². The third-order valence-electron chi connectivity index (χ3n) is 3.38. The summed E-state index contributed by atoms with van der Waals surface area (Å²) in [7, 11) is 0. The number of likely N-dealkylation sites (tertiary alicyclic amines) is 1. The highest BCUT2D eigenvalue weighted by Crippen LogP contribution is 2.29. The first kappa shape index (κ1) is 13.3. The first-order valence-electron chi connectivity index (χ1n) is 6.08. The number of nitrogens with zero attached hydrogens (tertiary/aromatic N) is 3. The van der Waals surface area contributed by atoms with Crippen molar-refractivity contribution in [1.82, 2.24) is 20.4 Å². The van der Waals surface area contributed by atoms with Gasteiger partial charge in [-0.3, -0.25) is 0 Å². The molecular formula is C11H16N4O4. The molecule has 2 rings (SSSR count). The van der Waals surface area contributed by atoms with Crippen molar-refractivity contribution in [2.75, 3.05) is 13.1 Å². The van der Waals surface area contributed by atoms with Gasteiger partial charge in [-0.05, 0) is 19.8 Å². The molecule has 1 saturated heterocycles. The summed E-state index contributed by atoms with van der Waals surface area (Å²) in [6.07, 6.45) is 2.83. The lowest BCUT2D eigenvalue weighted by atomic mass is 10.00. The molecule has 19 heavy (non-hydrogen) atoms. The fourth-order valence-electron chi connectivity index (χ4n) is 2.19. The summed E-state index contributed by atoms with van der Waals surface area (Å²) >= 11 is 0. The van der Waals surface area contributed by atoms with Gasteiger partial charge in [0.1, 0.15) is 5.54 Å². The monoisotopic (exact) mass is 268 g/mol. The molecule has 0 spiro atoms. The fraction of sp³-hybridized carbons (Fsp3) is 0.636. The maximum absolute atomic E-state index is 12.0. The van der Waals surface area contributed by atoms with Gasteiger partial charge in [0.05, 0.1) is 0 Å². The van der Waals surface area contributed by atoms with Crippen molar-refractivity contribution in [3.05, 3.63) is 12.2 Å². The van der Waals surface area contributed by atoms with Crippen molar-refractivity contribution in [3.8, 4) is 0 Å². The molecule has 0 aliphatic carbocycles. The van der Waals surface area contributed by atoms with Gasteiger partial charge >= 0.3 is 12.0 Å². The molecule has 104 valence electrons. The van der Waals surface area contributed by atoms with Gasteiger partial charge in [0.25, 0.3) is 0 Å². The van der Waals surface area contributed by atoms with Gasteiger partial charge in [-0.25, -0.2) is 9.59 Å². The van der Waals surface area contributed by atoms with Crippen LogP contribution in [0.1, 0.15) is 25.6 Å². The molecule has 0 saturated carbocycles. The SMILES string of the molecule is CC1(C(=O)O)CCCN1C(=O)NCCc1ncon1. The molecule has 2 amide bonds. The Morgan fingerprint density at radius 2 is 2.42 bits per heavy atom. The van der Waals surface area contributed by atoms with Crippen LogP contribution in [0, 0.1) is 0 Å². The Morgan fingerprint density at radius 3 is 3.05 bits per heavy atom. The quantitative estimate of drug-likeness (QED) is 0.810. The molecule has 1 aromatic rings. The summed E-state index contributed by atoms with van der Waals surface area (Å²) in [5, 5.41) is 15.5. The fourth-order valence-corrected chi connectivity index (χ4v) is 2.19. The van der Waals surface area contributed by atoms with Gasteiger partial charge in [0, 0.05) is 19.5 Å². The van der Waals surface area contributed by atoms with E-state index < -0.39 is 11.5 Å². The summed E-state index contributed by atoms with van der Waals surface area (Å²) in [6.45, 7) is 2.36. The highest BCUT2D eigenvalue weighted by atomic mass is 16.5. The van der Waals surface area contributed by atoms with E-state index in [1.807, 2.05) is 0 Å². The van der Waals surface area contributed by atoms with E-state index in [0.29, 0.717) is 38.2 Å². The standard InChI is InChI=1S/C11H16N4O4/c1-11(9(16)17)4-2-6-15(11)10(18)12-5-3-8-13-7-19-14-8/h7H,2-6H2,1H3,(H,12,18)(H,16,17). The van der Waals surface area contributed by atoms with Gasteiger partial charge in [-0.15, -0.1) is 0 Å². The number of aromatic nitrogens is 2. The van der Waals surface area contributed by atoms with E-state index in [1.165, 1.54) is 11.3 Å². The normalized spacial score (nSPS) is 22.5. The van der Waals surface area contributed by atoms with Crippen LogP contribution in [0.3, 0.4) is 0 Å². The van der Waals surface area contributed by atoms with Crippen LogP contribution in [-0.4, -0.2) is 50.8 Å². The first-order valence-corrected chi connectivity index (χ1v) is 6.08. The van der Waals surface area contributed by atoms with Crippen LogP contribution in [0.2, 0.25) is 0 Å². The number of hydrogen-bond donors (Lipinski definition) is 2. The van der Waals surface area contributed by atoms with Crippen molar-refractivity contribution < 1.29 is 19.2 Å². The molecular weight excluding hydrogens is 252 g/mol. The molecule has 0 radical (unpaired) electrons. The third kappa shape index (κ3) is 2.67. The van der Waals surface area contributed by atoms with Crippen LogP contribution >= 0.6 is 0 Å². The number of aliphatic carboxylic acids is 1. The summed E-state index contributed by atoms with van der Waals surface area (Å²) in [5.41, 5.74) is -1.11. The van der Waals surface area contributed by atoms with E-state index in [2.05, 4.69) is 20.0 Å². The summed E-state index contributed by atoms with van der Waals surface area (Å²) in [4.78, 5) is 28.4. The predicted molar refractivity (Wildman–Crippen MR) is 63.4 cm³/mol. The molecule has 8 nitrogen and oxygen atoms in total. The second kappa shape index (κ2) is 5.25. The second-order valence-corrected chi connectivity index (χ2v) is 4.66. The molecule has 2 heterocycles. The smallest absolute Gasteiger partial charge is 0.329 e. The van der Waals surface area contributed by atoms with Crippen molar-refractivity contribution in [2.45, 2.75) is 31.7 Å². The Labute approximate surface area is 109 Å². The maximum Gasteiger partial charge on any atom is 0.329 e. The minimum Gasteiger partial charge on any atom is -0.480 e. The Hall–Kier alpha value is -2.12. The zero-order valence-electron chi connectivity index (χ0n) is 10.6. The topological polar surface area (TPSA) is 109 Å².